The van der Waals surface area contributed by atoms with Gasteiger partial charge in [-0.2, -0.15) is 0 Å². The van der Waals surface area contributed by atoms with Crippen LogP contribution in [0.3, 0.4) is 0 Å². The molecule has 1 saturated heterocycles. The third kappa shape index (κ3) is 3.39. The smallest absolute Gasteiger partial charge is 0.223 e. The number of amides is 1. The lowest BCUT2D eigenvalue weighted by molar-refractivity contribution is -0.127. The van der Waals surface area contributed by atoms with Crippen LogP contribution in [0.5, 0.6) is 0 Å². The molecule has 21 heavy (non-hydrogen) atoms. The molecular formula is C16H21ClN2OS. The summed E-state index contributed by atoms with van der Waals surface area (Å²) in [5.41, 5.74) is 0. The van der Waals surface area contributed by atoms with Gasteiger partial charge in [0.15, 0.2) is 0 Å². The van der Waals surface area contributed by atoms with E-state index in [1.54, 1.807) is 11.3 Å². The summed E-state index contributed by atoms with van der Waals surface area (Å²) in [5, 5.41) is 7.63. The van der Waals surface area contributed by atoms with Gasteiger partial charge in [-0.25, -0.2) is 0 Å². The van der Waals surface area contributed by atoms with Gasteiger partial charge in [-0.3, -0.25) is 4.79 Å². The molecule has 0 saturated carbocycles. The van der Waals surface area contributed by atoms with Crippen LogP contribution in [-0.2, 0) is 4.79 Å². The molecule has 0 spiro atoms. The Morgan fingerprint density at radius 2 is 2.05 bits per heavy atom. The van der Waals surface area contributed by atoms with Gasteiger partial charge < -0.3 is 10.6 Å². The second-order valence-electron chi connectivity index (χ2n) is 5.62. The van der Waals surface area contributed by atoms with Crippen LogP contribution in [0, 0.1) is 11.8 Å². The Bertz CT molecular complexity index is 591. The van der Waals surface area contributed by atoms with Gasteiger partial charge in [0.2, 0.25) is 5.91 Å². The molecule has 2 N–H and O–H groups in total. The predicted octanol–water partition coefficient (Wildman–Crippen LogP) is 3.36. The Labute approximate surface area is 135 Å². The normalized spacial score (nSPS) is 17.6. The number of carbonyl (C=O) groups excluding carboxylic acids is 1. The summed E-state index contributed by atoms with van der Waals surface area (Å²) in [6.45, 7) is 6.02. The van der Waals surface area contributed by atoms with Crippen LogP contribution in [0.2, 0.25) is 0 Å². The molecule has 1 aromatic heterocycles. The van der Waals surface area contributed by atoms with Crippen molar-refractivity contribution in [2.75, 3.05) is 13.1 Å². The average molecular weight is 325 g/mol. The molecule has 1 aliphatic rings. The number of thiophene rings is 1. The van der Waals surface area contributed by atoms with Crippen LogP contribution in [0.25, 0.3) is 10.1 Å². The van der Waals surface area contributed by atoms with E-state index in [0.717, 1.165) is 13.1 Å². The van der Waals surface area contributed by atoms with Gasteiger partial charge >= 0.3 is 0 Å². The molecule has 2 aromatic rings. The fourth-order valence-electron chi connectivity index (χ4n) is 2.51. The third-order valence-corrected chi connectivity index (χ3v) is 5.46. The summed E-state index contributed by atoms with van der Waals surface area (Å²) in [6, 6.07) is 10.6. The Morgan fingerprint density at radius 1 is 1.33 bits per heavy atom. The van der Waals surface area contributed by atoms with Gasteiger partial charge in [-0.1, -0.05) is 25.1 Å². The zero-order chi connectivity index (χ0) is 14.1. The Morgan fingerprint density at radius 3 is 2.67 bits per heavy atom. The fourth-order valence-corrected chi connectivity index (χ4v) is 3.58. The molecule has 0 radical (unpaired) electrons. The number of hydrogen-bond donors (Lipinski definition) is 2. The van der Waals surface area contributed by atoms with Crippen molar-refractivity contribution in [3.8, 4) is 0 Å². The maximum Gasteiger partial charge on any atom is 0.223 e. The maximum atomic E-state index is 12.2. The molecule has 1 aliphatic heterocycles. The third-order valence-electron chi connectivity index (χ3n) is 4.16. The molecule has 1 fully saturated rings. The topological polar surface area (TPSA) is 41.1 Å². The zero-order valence-corrected chi connectivity index (χ0v) is 13.9. The van der Waals surface area contributed by atoms with Crippen molar-refractivity contribution in [1.29, 1.82) is 0 Å². The van der Waals surface area contributed by atoms with E-state index >= 15 is 0 Å². The van der Waals surface area contributed by atoms with E-state index in [2.05, 4.69) is 41.8 Å². The Balaban J connectivity index is 0.00000161. The van der Waals surface area contributed by atoms with Crippen molar-refractivity contribution in [2.45, 2.75) is 19.9 Å². The number of halogens is 1. The molecule has 5 heteroatoms. The lowest BCUT2D eigenvalue weighted by Crippen LogP contribution is -2.49. The summed E-state index contributed by atoms with van der Waals surface area (Å²) >= 11 is 1.76. The minimum absolute atomic E-state index is 0. The van der Waals surface area contributed by atoms with E-state index < -0.39 is 0 Å². The van der Waals surface area contributed by atoms with Crippen LogP contribution in [0.15, 0.2) is 30.3 Å². The van der Waals surface area contributed by atoms with Crippen LogP contribution in [0.4, 0.5) is 0 Å². The van der Waals surface area contributed by atoms with E-state index in [1.165, 1.54) is 15.0 Å². The molecule has 0 bridgehead atoms. The van der Waals surface area contributed by atoms with Gasteiger partial charge in [0.1, 0.15) is 0 Å². The van der Waals surface area contributed by atoms with Crippen LogP contribution < -0.4 is 10.6 Å². The Kier molecular flexibility index (Phi) is 5.25. The van der Waals surface area contributed by atoms with Gasteiger partial charge in [-0.05, 0) is 43.5 Å². The minimum Gasteiger partial charge on any atom is -0.349 e. The highest BCUT2D eigenvalue weighted by molar-refractivity contribution is 7.19. The largest absolute Gasteiger partial charge is 0.349 e. The molecule has 3 rings (SSSR count). The summed E-state index contributed by atoms with van der Waals surface area (Å²) in [4.78, 5) is 13.5. The predicted molar refractivity (Wildman–Crippen MR) is 91.2 cm³/mol. The van der Waals surface area contributed by atoms with Crippen LogP contribution in [-0.4, -0.2) is 19.0 Å². The van der Waals surface area contributed by atoms with E-state index in [0.29, 0.717) is 5.92 Å². The van der Waals surface area contributed by atoms with Gasteiger partial charge in [0.25, 0.3) is 0 Å². The molecule has 0 aliphatic carbocycles. The van der Waals surface area contributed by atoms with Crippen LogP contribution in [0.1, 0.15) is 24.8 Å². The average Bonchev–Trinajstić information content (AvgIpc) is 2.80. The molecule has 2 unspecified atom stereocenters. The number of benzene rings is 1. The van der Waals surface area contributed by atoms with Crippen molar-refractivity contribution >= 4 is 39.7 Å². The summed E-state index contributed by atoms with van der Waals surface area (Å²) < 4.78 is 1.28. The van der Waals surface area contributed by atoms with Crippen LogP contribution >= 0.6 is 23.7 Å². The molecule has 2 atom stereocenters. The van der Waals surface area contributed by atoms with Gasteiger partial charge in [0, 0.05) is 15.5 Å². The highest BCUT2D eigenvalue weighted by Gasteiger charge is 2.29. The number of hydrogen-bond acceptors (Lipinski definition) is 3. The van der Waals surface area contributed by atoms with E-state index in [9.17, 15) is 4.79 Å². The highest BCUT2D eigenvalue weighted by Crippen LogP contribution is 2.30. The number of nitrogens with one attached hydrogen (secondary N) is 2. The first kappa shape index (κ1) is 16.3. The van der Waals surface area contributed by atoms with Crippen molar-refractivity contribution < 1.29 is 4.79 Å². The standard InChI is InChI=1S/C16H20N2OS.ClH/c1-10(13-8-17-9-13)16(19)18-11(2)15-7-12-5-3-4-6-14(12)20-15;/h3-7,10-11,13,17H,8-9H2,1-2H3,(H,18,19);1H. The molecule has 3 nitrogen and oxygen atoms in total. The molecule has 114 valence electrons. The van der Waals surface area contributed by atoms with Crippen molar-refractivity contribution in [2.24, 2.45) is 11.8 Å². The fraction of sp³-hybridized carbons (Fsp3) is 0.438. The van der Waals surface area contributed by atoms with Gasteiger partial charge in [0.05, 0.1) is 6.04 Å². The summed E-state index contributed by atoms with van der Waals surface area (Å²) in [6.07, 6.45) is 0. The van der Waals surface area contributed by atoms with E-state index in [4.69, 9.17) is 0 Å². The maximum absolute atomic E-state index is 12.2. The van der Waals surface area contributed by atoms with Crippen molar-refractivity contribution in [3.05, 3.63) is 35.2 Å². The summed E-state index contributed by atoms with van der Waals surface area (Å²) in [5.74, 6) is 0.749. The summed E-state index contributed by atoms with van der Waals surface area (Å²) in [7, 11) is 0. The molecule has 1 aromatic carbocycles. The number of rotatable bonds is 4. The monoisotopic (exact) mass is 324 g/mol. The number of carbonyl (C=O) groups is 1. The zero-order valence-electron chi connectivity index (χ0n) is 12.3. The van der Waals surface area contributed by atoms with Gasteiger partial charge in [-0.15, -0.1) is 23.7 Å². The molecule has 2 heterocycles. The molecule has 1 amide bonds. The highest BCUT2D eigenvalue weighted by atomic mass is 35.5. The van der Waals surface area contributed by atoms with Crippen molar-refractivity contribution in [1.82, 2.24) is 10.6 Å². The quantitative estimate of drug-likeness (QED) is 0.905. The van der Waals surface area contributed by atoms with E-state index in [1.807, 2.05) is 13.0 Å². The van der Waals surface area contributed by atoms with Crippen molar-refractivity contribution in [3.63, 3.8) is 0 Å². The second-order valence-corrected chi connectivity index (χ2v) is 6.74. The minimum atomic E-state index is 0. The lowest BCUT2D eigenvalue weighted by atomic mass is 9.88. The second kappa shape index (κ2) is 6.77. The SMILES string of the molecule is CC(NC(=O)C(C)C1CNC1)c1cc2ccccc2s1.Cl. The number of fused-ring (bicyclic) bond motifs is 1. The first-order chi connectivity index (χ1) is 9.65. The Hall–Kier alpha value is -1.10. The van der Waals surface area contributed by atoms with E-state index in [-0.39, 0.29) is 30.3 Å². The first-order valence-corrected chi connectivity index (χ1v) is 7.96. The lowest BCUT2D eigenvalue weighted by Gasteiger charge is -2.32. The molecular weight excluding hydrogens is 304 g/mol. The first-order valence-electron chi connectivity index (χ1n) is 7.14.